The van der Waals surface area contributed by atoms with Crippen LogP contribution in [-0.4, -0.2) is 13.1 Å². The van der Waals surface area contributed by atoms with E-state index in [2.05, 4.69) is 33.0 Å². The first-order valence-corrected chi connectivity index (χ1v) is 4.87. The monoisotopic (exact) mass is 157 g/mol. The fraction of sp³-hybridized carbons (Fsp3) is 1.00. The fourth-order valence-corrected chi connectivity index (χ4v) is 1.45. The molecule has 0 radical (unpaired) electrons. The molecular weight excluding hydrogens is 134 g/mol. The summed E-state index contributed by atoms with van der Waals surface area (Å²) >= 11 is 0. The molecule has 0 spiro atoms. The molecular formula is C10H23N. The van der Waals surface area contributed by atoms with Crippen molar-refractivity contribution in [3.63, 3.8) is 0 Å². The first kappa shape index (κ1) is 11.0. The van der Waals surface area contributed by atoms with Gasteiger partial charge in [0.1, 0.15) is 0 Å². The van der Waals surface area contributed by atoms with Crippen molar-refractivity contribution >= 4 is 0 Å². The maximum absolute atomic E-state index is 3.35. The van der Waals surface area contributed by atoms with E-state index in [0.29, 0.717) is 0 Å². The third-order valence-corrected chi connectivity index (χ3v) is 1.94. The quantitative estimate of drug-likeness (QED) is 0.584. The Bertz CT molecular complexity index is 78.9. The van der Waals surface area contributed by atoms with Gasteiger partial charge in [-0.05, 0) is 37.8 Å². The lowest BCUT2D eigenvalue weighted by atomic mass is 9.96. The Morgan fingerprint density at radius 2 is 1.82 bits per heavy atom. The summed E-state index contributed by atoms with van der Waals surface area (Å²) in [6.07, 6.45) is 2.69. The first-order chi connectivity index (χ1) is 5.16. The molecule has 0 heterocycles. The van der Waals surface area contributed by atoms with Crippen LogP contribution >= 0.6 is 0 Å². The van der Waals surface area contributed by atoms with Crippen molar-refractivity contribution in [2.24, 2.45) is 11.8 Å². The Labute approximate surface area is 71.6 Å². The second-order valence-corrected chi connectivity index (χ2v) is 3.88. The van der Waals surface area contributed by atoms with E-state index >= 15 is 0 Å². The molecule has 1 unspecified atom stereocenters. The van der Waals surface area contributed by atoms with Gasteiger partial charge < -0.3 is 5.32 Å². The molecule has 0 amide bonds. The van der Waals surface area contributed by atoms with Gasteiger partial charge in [0.2, 0.25) is 0 Å². The van der Waals surface area contributed by atoms with Crippen molar-refractivity contribution in [2.75, 3.05) is 13.1 Å². The van der Waals surface area contributed by atoms with Gasteiger partial charge in [-0.25, -0.2) is 0 Å². The average Bonchev–Trinajstić information content (AvgIpc) is 1.86. The predicted molar refractivity (Wildman–Crippen MR) is 51.8 cm³/mol. The summed E-state index contributed by atoms with van der Waals surface area (Å²) in [5.74, 6) is 1.74. The van der Waals surface area contributed by atoms with Crippen molar-refractivity contribution in [1.29, 1.82) is 0 Å². The summed E-state index contributed by atoms with van der Waals surface area (Å²) in [5.41, 5.74) is 0. The molecule has 1 nitrogen and oxygen atoms in total. The van der Waals surface area contributed by atoms with Crippen LogP contribution in [0.5, 0.6) is 0 Å². The second kappa shape index (κ2) is 6.66. The van der Waals surface area contributed by atoms with Gasteiger partial charge in [-0.3, -0.25) is 0 Å². The van der Waals surface area contributed by atoms with E-state index in [1.54, 1.807) is 0 Å². The molecule has 1 atom stereocenters. The highest BCUT2D eigenvalue weighted by molar-refractivity contribution is 4.57. The number of hydrogen-bond acceptors (Lipinski definition) is 1. The van der Waals surface area contributed by atoms with Crippen molar-refractivity contribution in [3.8, 4) is 0 Å². The van der Waals surface area contributed by atoms with Crippen molar-refractivity contribution in [1.82, 2.24) is 5.32 Å². The van der Waals surface area contributed by atoms with Crippen LogP contribution in [0.15, 0.2) is 0 Å². The summed E-state index contributed by atoms with van der Waals surface area (Å²) in [7, 11) is 0. The highest BCUT2D eigenvalue weighted by Crippen LogP contribution is 2.13. The largest absolute Gasteiger partial charge is 0.317 e. The highest BCUT2D eigenvalue weighted by atomic mass is 14.8. The maximum Gasteiger partial charge on any atom is -0.00465 e. The minimum absolute atomic E-state index is 0.853. The van der Waals surface area contributed by atoms with Crippen LogP contribution in [0.1, 0.15) is 40.5 Å². The van der Waals surface area contributed by atoms with Crippen molar-refractivity contribution < 1.29 is 0 Å². The SMILES string of the molecule is CCNCCC(C)CC(C)C. The average molecular weight is 157 g/mol. The van der Waals surface area contributed by atoms with E-state index in [1.165, 1.54) is 19.4 Å². The van der Waals surface area contributed by atoms with E-state index in [0.717, 1.165) is 18.4 Å². The standard InChI is InChI=1S/C10H23N/c1-5-11-7-6-10(4)8-9(2)3/h9-11H,5-8H2,1-4H3. The Morgan fingerprint density at radius 3 is 2.27 bits per heavy atom. The highest BCUT2D eigenvalue weighted by Gasteiger charge is 2.03. The molecule has 1 heteroatoms. The van der Waals surface area contributed by atoms with E-state index < -0.39 is 0 Å². The van der Waals surface area contributed by atoms with E-state index in [1.807, 2.05) is 0 Å². The minimum atomic E-state index is 0.853. The summed E-state index contributed by atoms with van der Waals surface area (Å²) in [6.45, 7) is 11.4. The molecule has 0 aliphatic rings. The molecule has 0 aromatic rings. The minimum Gasteiger partial charge on any atom is -0.317 e. The van der Waals surface area contributed by atoms with Crippen LogP contribution in [0.3, 0.4) is 0 Å². The molecule has 0 saturated carbocycles. The van der Waals surface area contributed by atoms with Crippen LogP contribution in [-0.2, 0) is 0 Å². The maximum atomic E-state index is 3.35. The van der Waals surface area contributed by atoms with Gasteiger partial charge in [0.25, 0.3) is 0 Å². The molecule has 0 aromatic carbocycles. The number of hydrogen-bond donors (Lipinski definition) is 1. The van der Waals surface area contributed by atoms with Gasteiger partial charge in [-0.15, -0.1) is 0 Å². The molecule has 68 valence electrons. The van der Waals surface area contributed by atoms with E-state index in [9.17, 15) is 0 Å². The van der Waals surface area contributed by atoms with Crippen LogP contribution in [0.4, 0.5) is 0 Å². The summed E-state index contributed by atoms with van der Waals surface area (Å²) in [4.78, 5) is 0. The Hall–Kier alpha value is -0.0400. The Morgan fingerprint density at radius 1 is 1.18 bits per heavy atom. The number of nitrogens with one attached hydrogen (secondary N) is 1. The molecule has 0 aromatic heterocycles. The van der Waals surface area contributed by atoms with Gasteiger partial charge >= 0.3 is 0 Å². The van der Waals surface area contributed by atoms with Gasteiger partial charge in [0.05, 0.1) is 0 Å². The Kier molecular flexibility index (Phi) is 6.63. The van der Waals surface area contributed by atoms with E-state index in [4.69, 9.17) is 0 Å². The van der Waals surface area contributed by atoms with Gasteiger partial charge in [0, 0.05) is 0 Å². The zero-order valence-electron chi connectivity index (χ0n) is 8.48. The molecule has 0 bridgehead atoms. The zero-order valence-corrected chi connectivity index (χ0v) is 8.48. The summed E-state index contributed by atoms with van der Waals surface area (Å²) in [5, 5.41) is 3.35. The number of rotatable bonds is 6. The van der Waals surface area contributed by atoms with Crippen molar-refractivity contribution in [3.05, 3.63) is 0 Å². The first-order valence-electron chi connectivity index (χ1n) is 4.87. The molecule has 1 N–H and O–H groups in total. The molecule has 0 fully saturated rings. The second-order valence-electron chi connectivity index (χ2n) is 3.88. The summed E-state index contributed by atoms with van der Waals surface area (Å²) < 4.78 is 0. The van der Waals surface area contributed by atoms with Crippen LogP contribution in [0, 0.1) is 11.8 Å². The normalized spacial score (nSPS) is 13.9. The zero-order chi connectivity index (χ0) is 8.69. The topological polar surface area (TPSA) is 12.0 Å². The third-order valence-electron chi connectivity index (χ3n) is 1.94. The molecule has 0 aliphatic heterocycles. The van der Waals surface area contributed by atoms with Crippen LogP contribution < -0.4 is 5.32 Å². The lowest BCUT2D eigenvalue weighted by Crippen LogP contribution is -2.17. The van der Waals surface area contributed by atoms with Crippen LogP contribution in [0.25, 0.3) is 0 Å². The van der Waals surface area contributed by atoms with Crippen LogP contribution in [0.2, 0.25) is 0 Å². The fourth-order valence-electron chi connectivity index (χ4n) is 1.45. The Balaban J connectivity index is 3.15. The van der Waals surface area contributed by atoms with Crippen molar-refractivity contribution in [2.45, 2.75) is 40.5 Å². The molecule has 11 heavy (non-hydrogen) atoms. The molecule has 0 aliphatic carbocycles. The lowest BCUT2D eigenvalue weighted by molar-refractivity contribution is 0.407. The van der Waals surface area contributed by atoms with Gasteiger partial charge in [-0.1, -0.05) is 27.7 Å². The summed E-state index contributed by atoms with van der Waals surface area (Å²) in [6, 6.07) is 0. The van der Waals surface area contributed by atoms with Gasteiger partial charge in [-0.2, -0.15) is 0 Å². The van der Waals surface area contributed by atoms with Gasteiger partial charge in [0.15, 0.2) is 0 Å². The molecule has 0 saturated heterocycles. The predicted octanol–water partition coefficient (Wildman–Crippen LogP) is 2.67. The lowest BCUT2D eigenvalue weighted by Gasteiger charge is -2.13. The van der Waals surface area contributed by atoms with E-state index in [-0.39, 0.29) is 0 Å². The molecule has 0 rings (SSSR count). The smallest absolute Gasteiger partial charge is 0.00465 e. The third kappa shape index (κ3) is 7.86.